The zero-order chi connectivity index (χ0) is 13.4. The third-order valence-corrected chi connectivity index (χ3v) is 4.33. The second-order valence-corrected chi connectivity index (χ2v) is 6.08. The Morgan fingerprint density at radius 2 is 2.11 bits per heavy atom. The minimum absolute atomic E-state index is 0.682. The number of hydrogen-bond acceptors (Lipinski definition) is 3. The summed E-state index contributed by atoms with van der Waals surface area (Å²) < 4.78 is 2.76. The van der Waals surface area contributed by atoms with Crippen LogP contribution in [0.3, 0.4) is 0 Å². The first-order valence-electron chi connectivity index (χ1n) is 5.79. The summed E-state index contributed by atoms with van der Waals surface area (Å²) in [7, 11) is 1.87. The quantitative estimate of drug-likeness (QED) is 0.765. The molecule has 0 amide bonds. The van der Waals surface area contributed by atoms with Crippen LogP contribution >= 0.6 is 27.3 Å². The molecular formula is C14H12BrN3S. The molecule has 96 valence electrons. The first-order chi connectivity index (χ1) is 9.16. The van der Waals surface area contributed by atoms with Gasteiger partial charge in [0.15, 0.2) is 0 Å². The Morgan fingerprint density at radius 1 is 1.26 bits per heavy atom. The topological polar surface area (TPSA) is 43.8 Å². The summed E-state index contributed by atoms with van der Waals surface area (Å²) in [4.78, 5) is 1.13. The van der Waals surface area contributed by atoms with Gasteiger partial charge in [-0.2, -0.15) is 5.10 Å². The van der Waals surface area contributed by atoms with E-state index in [4.69, 9.17) is 5.73 Å². The number of aryl methyl sites for hydroxylation is 1. The average molecular weight is 334 g/mol. The van der Waals surface area contributed by atoms with Crippen LogP contribution < -0.4 is 5.73 Å². The van der Waals surface area contributed by atoms with Gasteiger partial charge >= 0.3 is 0 Å². The SMILES string of the molecule is Cn1nc(-c2cccs2)c(-c2cccc(Br)c2)c1N. The number of thiophene rings is 1. The summed E-state index contributed by atoms with van der Waals surface area (Å²) in [6.45, 7) is 0. The van der Waals surface area contributed by atoms with Gasteiger partial charge < -0.3 is 5.73 Å². The standard InChI is InChI=1S/C14H12BrN3S/c1-18-14(16)12(9-4-2-5-10(15)8-9)13(17-18)11-6-3-7-19-11/h2-8H,16H2,1H3. The van der Waals surface area contributed by atoms with E-state index in [1.807, 2.05) is 30.6 Å². The fraction of sp³-hybridized carbons (Fsp3) is 0.0714. The molecule has 0 aliphatic heterocycles. The van der Waals surface area contributed by atoms with Crippen molar-refractivity contribution >= 4 is 33.1 Å². The van der Waals surface area contributed by atoms with Crippen LogP contribution in [0.15, 0.2) is 46.3 Å². The molecule has 0 aliphatic carbocycles. The molecule has 2 heterocycles. The van der Waals surface area contributed by atoms with Gasteiger partial charge in [0.2, 0.25) is 0 Å². The molecule has 0 fully saturated rings. The Kier molecular flexibility index (Phi) is 3.16. The maximum atomic E-state index is 6.18. The van der Waals surface area contributed by atoms with Crippen LogP contribution in [-0.2, 0) is 7.05 Å². The summed E-state index contributed by atoms with van der Waals surface area (Å²) in [6.07, 6.45) is 0. The summed E-state index contributed by atoms with van der Waals surface area (Å²) >= 11 is 5.17. The van der Waals surface area contributed by atoms with E-state index in [9.17, 15) is 0 Å². The lowest BCUT2D eigenvalue weighted by atomic mass is 10.0. The number of benzene rings is 1. The maximum absolute atomic E-state index is 6.18. The highest BCUT2D eigenvalue weighted by Gasteiger charge is 2.17. The van der Waals surface area contributed by atoms with Crippen LogP contribution in [0.25, 0.3) is 21.7 Å². The molecule has 19 heavy (non-hydrogen) atoms. The number of hydrogen-bond donors (Lipinski definition) is 1. The van der Waals surface area contributed by atoms with E-state index in [0.29, 0.717) is 5.82 Å². The van der Waals surface area contributed by atoms with Gasteiger partial charge in [0.25, 0.3) is 0 Å². The number of nitrogens with zero attached hydrogens (tertiary/aromatic N) is 2. The lowest BCUT2D eigenvalue weighted by Gasteiger charge is -2.03. The Hall–Kier alpha value is -1.59. The molecule has 0 saturated heterocycles. The minimum Gasteiger partial charge on any atom is -0.383 e. The molecule has 0 atom stereocenters. The second kappa shape index (κ2) is 4.83. The first-order valence-corrected chi connectivity index (χ1v) is 7.46. The number of rotatable bonds is 2. The molecule has 1 aromatic carbocycles. The third-order valence-electron chi connectivity index (χ3n) is 2.96. The van der Waals surface area contributed by atoms with Crippen molar-refractivity contribution in [3.8, 4) is 21.7 Å². The van der Waals surface area contributed by atoms with Crippen molar-refractivity contribution in [2.75, 3.05) is 5.73 Å². The molecule has 3 nitrogen and oxygen atoms in total. The van der Waals surface area contributed by atoms with Gasteiger partial charge in [-0.25, -0.2) is 0 Å². The largest absolute Gasteiger partial charge is 0.383 e. The molecule has 2 aromatic heterocycles. The highest BCUT2D eigenvalue weighted by Crippen LogP contribution is 2.38. The van der Waals surface area contributed by atoms with Crippen LogP contribution in [0.1, 0.15) is 0 Å². The van der Waals surface area contributed by atoms with Gasteiger partial charge in [0, 0.05) is 11.5 Å². The van der Waals surface area contributed by atoms with Gasteiger partial charge in [0.05, 0.1) is 10.4 Å². The Balaban J connectivity index is 2.26. The Morgan fingerprint density at radius 3 is 2.79 bits per heavy atom. The van der Waals surface area contributed by atoms with E-state index in [2.05, 4.69) is 39.2 Å². The Bertz CT molecular complexity index is 716. The summed E-state index contributed by atoms with van der Waals surface area (Å²) in [5.74, 6) is 0.682. The van der Waals surface area contributed by atoms with Gasteiger partial charge in [0.1, 0.15) is 11.5 Å². The lowest BCUT2D eigenvalue weighted by molar-refractivity contribution is 0.783. The minimum atomic E-state index is 0.682. The van der Waals surface area contributed by atoms with Crippen molar-refractivity contribution in [1.82, 2.24) is 9.78 Å². The molecule has 5 heteroatoms. The van der Waals surface area contributed by atoms with Gasteiger partial charge in [-0.3, -0.25) is 4.68 Å². The van der Waals surface area contributed by atoms with Crippen LogP contribution in [0.5, 0.6) is 0 Å². The summed E-state index contributed by atoms with van der Waals surface area (Å²) in [5, 5.41) is 6.59. The highest BCUT2D eigenvalue weighted by molar-refractivity contribution is 9.10. The van der Waals surface area contributed by atoms with Crippen LogP contribution in [0, 0.1) is 0 Å². The number of halogens is 1. The van der Waals surface area contributed by atoms with Crippen LogP contribution in [0.2, 0.25) is 0 Å². The molecule has 0 spiro atoms. The van der Waals surface area contributed by atoms with Crippen molar-refractivity contribution in [3.63, 3.8) is 0 Å². The molecule has 3 rings (SSSR count). The monoisotopic (exact) mass is 333 g/mol. The van der Waals surface area contributed by atoms with Crippen molar-refractivity contribution in [2.24, 2.45) is 7.05 Å². The first kappa shape index (κ1) is 12.4. The van der Waals surface area contributed by atoms with Gasteiger partial charge in [-0.15, -0.1) is 11.3 Å². The normalized spacial score (nSPS) is 10.8. The summed E-state index contributed by atoms with van der Waals surface area (Å²) in [6, 6.07) is 12.2. The molecular weight excluding hydrogens is 322 g/mol. The van der Waals surface area contributed by atoms with Gasteiger partial charge in [-0.05, 0) is 29.1 Å². The van der Waals surface area contributed by atoms with E-state index >= 15 is 0 Å². The molecule has 0 bridgehead atoms. The predicted octanol–water partition coefficient (Wildman–Crippen LogP) is 4.16. The fourth-order valence-corrected chi connectivity index (χ4v) is 3.17. The fourth-order valence-electron chi connectivity index (χ4n) is 2.05. The molecule has 0 unspecified atom stereocenters. The maximum Gasteiger partial charge on any atom is 0.129 e. The number of anilines is 1. The van der Waals surface area contributed by atoms with Crippen LogP contribution in [0.4, 0.5) is 5.82 Å². The van der Waals surface area contributed by atoms with Crippen molar-refractivity contribution in [2.45, 2.75) is 0 Å². The second-order valence-electron chi connectivity index (χ2n) is 4.22. The van der Waals surface area contributed by atoms with Crippen LogP contribution in [-0.4, -0.2) is 9.78 Å². The molecule has 0 radical (unpaired) electrons. The zero-order valence-electron chi connectivity index (χ0n) is 10.3. The van der Waals surface area contributed by atoms with E-state index in [-0.39, 0.29) is 0 Å². The van der Waals surface area contributed by atoms with Gasteiger partial charge in [-0.1, -0.05) is 34.1 Å². The van der Waals surface area contributed by atoms with Crippen molar-refractivity contribution in [3.05, 3.63) is 46.3 Å². The number of nitrogen functional groups attached to an aromatic ring is 1. The Labute approximate surface area is 123 Å². The van der Waals surface area contributed by atoms with E-state index < -0.39 is 0 Å². The zero-order valence-corrected chi connectivity index (χ0v) is 12.7. The van der Waals surface area contributed by atoms with E-state index in [1.54, 1.807) is 16.0 Å². The average Bonchev–Trinajstić information content (AvgIpc) is 2.99. The molecule has 2 N–H and O–H groups in total. The number of aromatic nitrogens is 2. The highest BCUT2D eigenvalue weighted by atomic mass is 79.9. The summed E-state index contributed by atoms with van der Waals surface area (Å²) in [5.41, 5.74) is 9.18. The smallest absolute Gasteiger partial charge is 0.129 e. The van der Waals surface area contributed by atoms with E-state index in [0.717, 1.165) is 26.2 Å². The van der Waals surface area contributed by atoms with E-state index in [1.165, 1.54) is 0 Å². The van der Waals surface area contributed by atoms with Crippen molar-refractivity contribution < 1.29 is 0 Å². The third kappa shape index (κ3) is 2.19. The van der Waals surface area contributed by atoms with Crippen molar-refractivity contribution in [1.29, 1.82) is 0 Å². The molecule has 0 saturated carbocycles. The predicted molar refractivity (Wildman–Crippen MR) is 84.1 cm³/mol. The number of nitrogens with two attached hydrogens (primary N) is 1. The lowest BCUT2D eigenvalue weighted by Crippen LogP contribution is -1.97. The molecule has 0 aliphatic rings. The molecule has 3 aromatic rings.